The zero-order valence-corrected chi connectivity index (χ0v) is 20.8. The van der Waals surface area contributed by atoms with Crippen LogP contribution in [0.3, 0.4) is 0 Å². The van der Waals surface area contributed by atoms with Crippen LogP contribution >= 0.6 is 11.3 Å². The highest BCUT2D eigenvalue weighted by molar-refractivity contribution is 7.89. The minimum Gasteiger partial charge on any atom is -0.335 e. The number of fused-ring (bicyclic) bond motifs is 1. The molecular weight excluding hydrogens is 474 g/mol. The van der Waals surface area contributed by atoms with Gasteiger partial charge in [-0.25, -0.2) is 22.9 Å². The molecule has 11 heteroatoms. The van der Waals surface area contributed by atoms with Crippen LogP contribution in [0.2, 0.25) is 0 Å². The number of carbonyl (C=O) groups is 2. The Labute approximate surface area is 202 Å². The van der Waals surface area contributed by atoms with E-state index in [1.54, 1.807) is 0 Å². The van der Waals surface area contributed by atoms with E-state index < -0.39 is 22.0 Å². The van der Waals surface area contributed by atoms with Gasteiger partial charge in [0.25, 0.3) is 5.91 Å². The van der Waals surface area contributed by atoms with Gasteiger partial charge in [-0.05, 0) is 11.5 Å². The van der Waals surface area contributed by atoms with Crippen molar-refractivity contribution in [1.29, 1.82) is 0 Å². The Hall–Kier alpha value is -3.02. The zero-order chi connectivity index (χ0) is 24.5. The van der Waals surface area contributed by atoms with E-state index >= 15 is 0 Å². The Bertz CT molecular complexity index is 1340. The molecule has 4 rings (SSSR count). The lowest BCUT2D eigenvalue weighted by Gasteiger charge is -2.19. The van der Waals surface area contributed by atoms with E-state index in [1.165, 1.54) is 16.2 Å². The largest absolute Gasteiger partial charge is 0.335 e. The molecule has 2 heterocycles. The third-order valence-electron chi connectivity index (χ3n) is 5.36. The smallest absolute Gasteiger partial charge is 0.324 e. The highest BCUT2D eigenvalue weighted by atomic mass is 32.2. The minimum atomic E-state index is -3.41. The van der Waals surface area contributed by atoms with E-state index in [0.717, 1.165) is 10.8 Å². The third-order valence-corrected chi connectivity index (χ3v) is 8.12. The molecule has 180 valence electrons. The van der Waals surface area contributed by atoms with Crippen LogP contribution in [0, 0.1) is 0 Å². The van der Waals surface area contributed by atoms with Crippen molar-refractivity contribution in [2.45, 2.75) is 26.2 Å². The zero-order valence-electron chi connectivity index (χ0n) is 19.2. The first-order valence-electron chi connectivity index (χ1n) is 10.9. The lowest BCUT2D eigenvalue weighted by atomic mass is 9.98. The molecule has 3 aromatic rings. The number of rotatable bonds is 3. The minimum absolute atomic E-state index is 0.0538. The average Bonchev–Trinajstić information content (AvgIpc) is 3.11. The van der Waals surface area contributed by atoms with Gasteiger partial charge in [0.2, 0.25) is 10.0 Å². The van der Waals surface area contributed by atoms with Gasteiger partial charge in [0, 0.05) is 30.4 Å². The summed E-state index contributed by atoms with van der Waals surface area (Å²) in [5.41, 5.74) is 0.421. The molecule has 3 amide bonds. The second kappa shape index (κ2) is 9.32. The maximum absolute atomic E-state index is 13.3. The lowest BCUT2D eigenvalue weighted by molar-refractivity contribution is 0.0767. The molecule has 34 heavy (non-hydrogen) atoms. The number of anilines is 2. The van der Waals surface area contributed by atoms with Crippen molar-refractivity contribution in [2.75, 3.05) is 36.0 Å². The fourth-order valence-electron chi connectivity index (χ4n) is 3.57. The first kappa shape index (κ1) is 24.1. The number of nitrogens with one attached hydrogen (secondary N) is 3. The summed E-state index contributed by atoms with van der Waals surface area (Å²) in [6.07, 6.45) is 0. The summed E-state index contributed by atoms with van der Waals surface area (Å²) in [6.45, 7) is 6.34. The van der Waals surface area contributed by atoms with Gasteiger partial charge < -0.3 is 10.2 Å². The quantitative estimate of drug-likeness (QED) is 0.506. The van der Waals surface area contributed by atoms with Crippen molar-refractivity contribution in [3.05, 3.63) is 53.2 Å². The number of thiazole rings is 1. The molecule has 1 saturated heterocycles. The Kier molecular flexibility index (Phi) is 6.61. The third kappa shape index (κ3) is 5.37. The molecule has 0 bridgehead atoms. The molecule has 0 saturated carbocycles. The van der Waals surface area contributed by atoms with Gasteiger partial charge in [-0.15, -0.1) is 0 Å². The first-order valence-corrected chi connectivity index (χ1v) is 13.3. The summed E-state index contributed by atoms with van der Waals surface area (Å²) in [5, 5.41) is 8.57. The normalized spacial score (nSPS) is 16.1. The molecule has 0 spiro atoms. The fraction of sp³-hybridized carbons (Fsp3) is 0.348. The van der Waals surface area contributed by atoms with Crippen LogP contribution in [0.25, 0.3) is 10.8 Å². The molecule has 1 aliphatic rings. The van der Waals surface area contributed by atoms with Gasteiger partial charge in [0.15, 0.2) is 5.69 Å². The van der Waals surface area contributed by atoms with Gasteiger partial charge >= 0.3 is 6.03 Å². The molecule has 0 aliphatic carbocycles. The summed E-state index contributed by atoms with van der Waals surface area (Å²) in [4.78, 5) is 32.2. The van der Waals surface area contributed by atoms with Gasteiger partial charge in [-0.2, -0.15) is 0 Å². The monoisotopic (exact) mass is 501 g/mol. The predicted octanol–water partition coefficient (Wildman–Crippen LogP) is 3.61. The van der Waals surface area contributed by atoms with E-state index in [0.29, 0.717) is 15.7 Å². The highest BCUT2D eigenvalue weighted by Gasteiger charge is 2.30. The summed E-state index contributed by atoms with van der Waals surface area (Å²) in [7, 11) is -3.41. The molecule has 0 unspecified atom stereocenters. The Morgan fingerprint density at radius 2 is 1.79 bits per heavy atom. The Morgan fingerprint density at radius 3 is 2.56 bits per heavy atom. The van der Waals surface area contributed by atoms with Crippen molar-refractivity contribution in [2.24, 2.45) is 0 Å². The number of hydrogen-bond acceptors (Lipinski definition) is 6. The first-order chi connectivity index (χ1) is 16.0. The van der Waals surface area contributed by atoms with Crippen molar-refractivity contribution in [1.82, 2.24) is 14.6 Å². The van der Waals surface area contributed by atoms with Crippen LogP contribution in [0.5, 0.6) is 0 Å². The van der Waals surface area contributed by atoms with E-state index in [1.807, 2.05) is 63.2 Å². The second-order valence-electron chi connectivity index (χ2n) is 9.06. The van der Waals surface area contributed by atoms with Crippen LogP contribution in [0.1, 0.15) is 36.3 Å². The molecule has 1 aromatic heterocycles. The van der Waals surface area contributed by atoms with E-state index in [-0.39, 0.29) is 36.5 Å². The number of benzene rings is 2. The molecular formula is C23H27N5O4S2. The molecule has 0 radical (unpaired) electrons. The van der Waals surface area contributed by atoms with Gasteiger partial charge in [-0.1, -0.05) is 68.5 Å². The van der Waals surface area contributed by atoms with E-state index in [9.17, 15) is 18.0 Å². The van der Waals surface area contributed by atoms with Crippen LogP contribution in [-0.4, -0.2) is 55.6 Å². The summed E-state index contributed by atoms with van der Waals surface area (Å²) in [5.74, 6) is -0.592. The maximum atomic E-state index is 13.3. The summed E-state index contributed by atoms with van der Waals surface area (Å²) < 4.78 is 26.2. The standard InChI is InChI=1S/C23H27N5O4S2/c1-23(2,3)21-26-18(20(29)28-12-11-24-34(31,32)14-13-28)19(33-21)27-22(30)25-17-10-6-8-15-7-4-5-9-16(15)17/h4-10,24H,11-14H2,1-3H3,(H2,25,27,30). The molecule has 3 N–H and O–H groups in total. The van der Waals surface area contributed by atoms with E-state index in [4.69, 9.17) is 0 Å². The highest BCUT2D eigenvalue weighted by Crippen LogP contribution is 2.34. The van der Waals surface area contributed by atoms with Crippen LogP contribution in [-0.2, 0) is 15.4 Å². The molecule has 9 nitrogen and oxygen atoms in total. The summed E-state index contributed by atoms with van der Waals surface area (Å²) >= 11 is 1.24. The van der Waals surface area contributed by atoms with Gasteiger partial charge in [-0.3, -0.25) is 10.1 Å². The van der Waals surface area contributed by atoms with Crippen LogP contribution in [0.4, 0.5) is 15.5 Å². The molecule has 0 atom stereocenters. The number of urea groups is 1. The van der Waals surface area contributed by atoms with E-state index in [2.05, 4.69) is 20.3 Å². The maximum Gasteiger partial charge on any atom is 0.324 e. The van der Waals surface area contributed by atoms with Crippen LogP contribution in [0.15, 0.2) is 42.5 Å². The number of amides is 3. The molecule has 2 aromatic carbocycles. The number of sulfonamides is 1. The second-order valence-corrected chi connectivity index (χ2v) is 12.0. The topological polar surface area (TPSA) is 120 Å². The lowest BCUT2D eigenvalue weighted by Crippen LogP contribution is -2.35. The summed E-state index contributed by atoms with van der Waals surface area (Å²) in [6, 6.07) is 12.9. The van der Waals surface area contributed by atoms with Crippen molar-refractivity contribution in [3.8, 4) is 0 Å². The Morgan fingerprint density at radius 1 is 1.06 bits per heavy atom. The number of nitrogens with zero attached hydrogens (tertiary/aromatic N) is 2. The Balaban J connectivity index is 1.60. The number of aromatic nitrogens is 1. The van der Waals surface area contributed by atoms with Gasteiger partial charge in [0.1, 0.15) is 10.0 Å². The molecule has 1 fully saturated rings. The van der Waals surface area contributed by atoms with Crippen molar-refractivity contribution >= 4 is 54.8 Å². The van der Waals surface area contributed by atoms with Crippen molar-refractivity contribution in [3.63, 3.8) is 0 Å². The number of carbonyl (C=O) groups excluding carboxylic acids is 2. The fourth-order valence-corrected chi connectivity index (χ4v) is 5.58. The average molecular weight is 502 g/mol. The number of hydrogen-bond donors (Lipinski definition) is 3. The molecule has 1 aliphatic heterocycles. The van der Waals surface area contributed by atoms with Crippen molar-refractivity contribution < 1.29 is 18.0 Å². The van der Waals surface area contributed by atoms with Gasteiger partial charge in [0.05, 0.1) is 11.4 Å². The predicted molar refractivity (Wildman–Crippen MR) is 135 cm³/mol. The SMILES string of the molecule is CC(C)(C)c1nc(C(=O)N2CCNS(=O)(=O)CC2)c(NC(=O)Nc2cccc3ccccc23)s1. The van der Waals surface area contributed by atoms with Crippen LogP contribution < -0.4 is 15.4 Å².